The van der Waals surface area contributed by atoms with Crippen LogP contribution in [0.5, 0.6) is 0 Å². The van der Waals surface area contributed by atoms with Gasteiger partial charge in [-0.1, -0.05) is 0 Å². The van der Waals surface area contributed by atoms with Gasteiger partial charge in [0.05, 0.1) is 6.61 Å². The van der Waals surface area contributed by atoms with E-state index in [0.717, 1.165) is 0 Å². The maximum Gasteiger partial charge on any atom is 0.338 e. The molecule has 0 unspecified atom stereocenters. The molecule has 0 heterocycles. The van der Waals surface area contributed by atoms with Gasteiger partial charge < -0.3 is 15.6 Å². The van der Waals surface area contributed by atoms with Crippen LogP contribution in [0.3, 0.4) is 0 Å². The van der Waals surface area contributed by atoms with Crippen LogP contribution < -0.4 is 5.73 Å². The Morgan fingerprint density at radius 2 is 2.17 bits per heavy atom. The zero-order valence-electron chi connectivity index (χ0n) is 6.49. The first-order chi connectivity index (χ1) is 5.50. The smallest absolute Gasteiger partial charge is 0.338 e. The van der Waals surface area contributed by atoms with Crippen molar-refractivity contribution in [2.75, 3.05) is 6.61 Å². The summed E-state index contributed by atoms with van der Waals surface area (Å²) < 4.78 is 16.7. The van der Waals surface area contributed by atoms with Crippen LogP contribution in [0.25, 0.3) is 0 Å². The number of halogens is 1. The number of carbonyl (C=O) groups is 2. The zero-order valence-corrected chi connectivity index (χ0v) is 6.49. The van der Waals surface area contributed by atoms with Gasteiger partial charge in [-0.15, -0.1) is 0 Å². The van der Waals surface area contributed by atoms with Gasteiger partial charge in [0.15, 0.2) is 6.10 Å². The number of alkyl halides is 1. The van der Waals surface area contributed by atoms with Gasteiger partial charge in [-0.3, -0.25) is 4.79 Å². The molecule has 0 radical (unpaired) electrons. The Bertz CT molecular complexity index is 184. The Balaban J connectivity index is 4.09. The molecule has 0 saturated heterocycles. The van der Waals surface area contributed by atoms with Crippen molar-refractivity contribution < 1.29 is 23.8 Å². The Morgan fingerprint density at radius 3 is 2.50 bits per heavy atom. The quantitative estimate of drug-likeness (QED) is 0.527. The van der Waals surface area contributed by atoms with E-state index >= 15 is 0 Å². The summed E-state index contributed by atoms with van der Waals surface area (Å²) in [6.07, 6.45) is -4.54. The first-order valence-electron chi connectivity index (χ1n) is 3.28. The number of primary amides is 1. The van der Waals surface area contributed by atoms with Crippen LogP contribution in [0.2, 0.25) is 0 Å². The van der Waals surface area contributed by atoms with Crippen molar-refractivity contribution in [1.29, 1.82) is 0 Å². The highest BCUT2D eigenvalue weighted by Crippen LogP contribution is 2.00. The second-order valence-corrected chi connectivity index (χ2v) is 2.00. The molecule has 0 rings (SSSR count). The number of hydrogen-bond donors (Lipinski definition) is 2. The first kappa shape index (κ1) is 10.8. The topological polar surface area (TPSA) is 89.6 Å². The van der Waals surface area contributed by atoms with Gasteiger partial charge in [-0.05, 0) is 6.92 Å². The van der Waals surface area contributed by atoms with E-state index in [0.29, 0.717) is 0 Å². The number of rotatable bonds is 4. The molecule has 0 aliphatic rings. The van der Waals surface area contributed by atoms with Crippen LogP contribution in [0.15, 0.2) is 0 Å². The molecule has 0 aromatic heterocycles. The van der Waals surface area contributed by atoms with E-state index in [1.54, 1.807) is 0 Å². The van der Waals surface area contributed by atoms with E-state index in [1.807, 2.05) is 0 Å². The van der Waals surface area contributed by atoms with Crippen molar-refractivity contribution in [1.82, 2.24) is 0 Å². The lowest BCUT2D eigenvalue weighted by atomic mass is 10.2. The minimum Gasteiger partial charge on any atom is -0.464 e. The molecule has 0 saturated carbocycles. The summed E-state index contributed by atoms with van der Waals surface area (Å²) in [5.41, 5.74) is 4.49. The molecule has 0 aliphatic heterocycles. The minimum absolute atomic E-state index is 0.00136. The number of esters is 1. The van der Waals surface area contributed by atoms with Crippen molar-refractivity contribution >= 4 is 11.9 Å². The van der Waals surface area contributed by atoms with Gasteiger partial charge in [0.25, 0.3) is 5.91 Å². The van der Waals surface area contributed by atoms with Crippen LogP contribution in [0.1, 0.15) is 6.92 Å². The summed E-state index contributed by atoms with van der Waals surface area (Å²) in [7, 11) is 0. The molecule has 5 nitrogen and oxygen atoms in total. The Hall–Kier alpha value is -1.17. The number of aliphatic hydroxyl groups is 1. The Labute approximate surface area is 68.3 Å². The lowest BCUT2D eigenvalue weighted by Crippen LogP contribution is -2.41. The molecule has 3 N–H and O–H groups in total. The highest BCUT2D eigenvalue weighted by atomic mass is 19.1. The van der Waals surface area contributed by atoms with Crippen molar-refractivity contribution in [3.05, 3.63) is 0 Å². The van der Waals surface area contributed by atoms with Gasteiger partial charge in [0.2, 0.25) is 6.17 Å². The Morgan fingerprint density at radius 1 is 1.67 bits per heavy atom. The number of aliphatic hydroxyl groups excluding tert-OH is 1. The van der Waals surface area contributed by atoms with Crippen molar-refractivity contribution in [3.8, 4) is 0 Å². The number of nitrogens with two attached hydrogens (primary N) is 1. The average molecular weight is 179 g/mol. The molecular weight excluding hydrogens is 169 g/mol. The van der Waals surface area contributed by atoms with Gasteiger partial charge in [0.1, 0.15) is 0 Å². The van der Waals surface area contributed by atoms with Gasteiger partial charge in [-0.25, -0.2) is 9.18 Å². The summed E-state index contributed by atoms with van der Waals surface area (Å²) >= 11 is 0. The van der Waals surface area contributed by atoms with Gasteiger partial charge >= 0.3 is 5.97 Å². The summed E-state index contributed by atoms with van der Waals surface area (Å²) in [4.78, 5) is 20.7. The largest absolute Gasteiger partial charge is 0.464 e. The summed E-state index contributed by atoms with van der Waals surface area (Å²) in [6.45, 7) is 1.49. The number of carbonyl (C=O) groups excluding carboxylic acids is 2. The highest BCUT2D eigenvalue weighted by molar-refractivity contribution is 5.87. The van der Waals surface area contributed by atoms with E-state index in [-0.39, 0.29) is 6.61 Å². The molecule has 70 valence electrons. The minimum atomic E-state index is -2.41. The average Bonchev–Trinajstić information content (AvgIpc) is 2.02. The predicted octanol–water partition coefficient (Wildman–Crippen LogP) is -1.27. The fourth-order valence-corrected chi connectivity index (χ4v) is 0.503. The third-order valence-electron chi connectivity index (χ3n) is 1.08. The van der Waals surface area contributed by atoms with Crippen molar-refractivity contribution in [2.45, 2.75) is 19.2 Å². The zero-order chi connectivity index (χ0) is 9.72. The van der Waals surface area contributed by atoms with E-state index in [9.17, 15) is 14.0 Å². The molecule has 6 heteroatoms. The number of amides is 1. The normalized spacial score (nSPS) is 14.9. The fourth-order valence-electron chi connectivity index (χ4n) is 0.503. The second-order valence-electron chi connectivity index (χ2n) is 2.00. The van der Waals surface area contributed by atoms with Gasteiger partial charge in [0, 0.05) is 0 Å². The lowest BCUT2D eigenvalue weighted by molar-refractivity contribution is -0.159. The monoisotopic (exact) mass is 179 g/mol. The van der Waals surface area contributed by atoms with Crippen LogP contribution in [-0.4, -0.2) is 35.9 Å². The van der Waals surface area contributed by atoms with Crippen LogP contribution in [0.4, 0.5) is 4.39 Å². The van der Waals surface area contributed by atoms with Crippen LogP contribution in [-0.2, 0) is 14.3 Å². The van der Waals surface area contributed by atoms with E-state index in [2.05, 4.69) is 10.5 Å². The van der Waals surface area contributed by atoms with Crippen molar-refractivity contribution in [2.24, 2.45) is 5.73 Å². The fraction of sp³-hybridized carbons (Fsp3) is 0.667. The standard InChI is InChI=1S/C6H10FNO4/c1-2-12-6(11)4(9)3(7)5(8)10/h3-4,9H,2H2,1H3,(H2,8,10)/t3-,4+/m0/s1. The molecule has 0 bridgehead atoms. The van der Waals surface area contributed by atoms with E-state index in [1.165, 1.54) is 6.92 Å². The van der Waals surface area contributed by atoms with Crippen LogP contribution >= 0.6 is 0 Å². The number of ether oxygens (including phenoxy) is 1. The molecule has 0 fully saturated rings. The van der Waals surface area contributed by atoms with E-state index in [4.69, 9.17) is 5.11 Å². The SMILES string of the molecule is CCOC(=O)[C@H](O)[C@H](F)C(N)=O. The molecule has 12 heavy (non-hydrogen) atoms. The van der Waals surface area contributed by atoms with Gasteiger partial charge in [-0.2, -0.15) is 0 Å². The predicted molar refractivity (Wildman–Crippen MR) is 36.7 cm³/mol. The summed E-state index contributed by atoms with van der Waals surface area (Å²) in [5, 5.41) is 8.74. The summed E-state index contributed by atoms with van der Waals surface area (Å²) in [6, 6.07) is 0. The maximum atomic E-state index is 12.5. The molecular formula is C6H10FNO4. The van der Waals surface area contributed by atoms with Crippen LogP contribution in [0, 0.1) is 0 Å². The molecule has 0 spiro atoms. The Kier molecular flexibility index (Phi) is 4.20. The van der Waals surface area contributed by atoms with E-state index < -0.39 is 24.2 Å². The second kappa shape index (κ2) is 4.66. The maximum absolute atomic E-state index is 12.5. The third-order valence-corrected chi connectivity index (χ3v) is 1.08. The molecule has 0 aliphatic carbocycles. The first-order valence-corrected chi connectivity index (χ1v) is 3.28. The molecule has 1 amide bonds. The van der Waals surface area contributed by atoms with Crippen molar-refractivity contribution in [3.63, 3.8) is 0 Å². The molecule has 2 atom stereocenters. The lowest BCUT2D eigenvalue weighted by Gasteiger charge is -2.10. The summed E-state index contributed by atoms with van der Waals surface area (Å²) in [5.74, 6) is -2.58. The highest BCUT2D eigenvalue weighted by Gasteiger charge is 2.31. The third kappa shape index (κ3) is 2.83. The molecule has 0 aromatic carbocycles. The number of hydrogen-bond acceptors (Lipinski definition) is 4. The molecule has 0 aromatic rings.